The van der Waals surface area contributed by atoms with Crippen molar-refractivity contribution in [1.29, 1.82) is 5.26 Å². The summed E-state index contributed by atoms with van der Waals surface area (Å²) in [6, 6.07) is 7.93. The van der Waals surface area contributed by atoms with Crippen LogP contribution in [0.1, 0.15) is 62.5 Å². The normalized spacial score (nSPS) is 24.9. The fourth-order valence-electron chi connectivity index (χ4n) is 8.35. The van der Waals surface area contributed by atoms with Crippen LogP contribution in [-0.4, -0.2) is 85.3 Å². The number of aromatic nitrogens is 1. The lowest BCUT2D eigenvalue weighted by atomic mass is 9.95. The highest BCUT2D eigenvalue weighted by Gasteiger charge is 2.50. The first-order valence-electron chi connectivity index (χ1n) is 17.7. The summed E-state index contributed by atoms with van der Waals surface area (Å²) in [5, 5.41) is 16.9. The smallest absolute Gasteiger partial charge is 0.279 e. The Balaban J connectivity index is 1.25. The number of ether oxygens (including phenoxy) is 2. The molecule has 292 valence electrons. The molecule has 2 aromatic heterocycles. The SMILES string of the molecule is CCS(=O)(=O)O[C@@H](C)C(=O)N(C)[C@H]1Nc2ccc(OC[C@@]34CCCN3C[C@H](F)C4)c3c2[C@@H](N1)n1cc(Cl)c(-c2ccc(F)c4sc(N)c(C#N)c24)c1C(F)O3. The molecule has 6 heterocycles. The first-order valence-corrected chi connectivity index (χ1v) is 20.4. The number of amides is 1. The highest BCUT2D eigenvalue weighted by molar-refractivity contribution is 7.86. The van der Waals surface area contributed by atoms with Gasteiger partial charge in [0.25, 0.3) is 22.4 Å². The second-order valence-electron chi connectivity index (χ2n) is 14.2. The summed E-state index contributed by atoms with van der Waals surface area (Å²) in [6.07, 6.45) is -3.16. The predicted molar refractivity (Wildman–Crippen MR) is 200 cm³/mol. The average Bonchev–Trinajstić information content (AvgIpc) is 3.87. The minimum atomic E-state index is -3.97. The molecule has 1 unspecified atom stereocenters. The van der Waals surface area contributed by atoms with Gasteiger partial charge in [0, 0.05) is 42.8 Å². The summed E-state index contributed by atoms with van der Waals surface area (Å²) < 4.78 is 90.5. The minimum absolute atomic E-state index is 0.0149. The molecule has 2 fully saturated rings. The van der Waals surface area contributed by atoms with E-state index in [9.17, 15) is 22.9 Å². The van der Waals surface area contributed by atoms with Crippen LogP contribution in [0.15, 0.2) is 30.5 Å². The average molecular weight is 820 g/mol. The van der Waals surface area contributed by atoms with E-state index in [1.807, 2.05) is 6.07 Å². The third kappa shape index (κ3) is 6.16. The monoisotopic (exact) mass is 819 g/mol. The number of nitrogens with one attached hydrogen (secondary N) is 2. The molecule has 6 atom stereocenters. The third-order valence-corrected chi connectivity index (χ3v) is 13.6. The van der Waals surface area contributed by atoms with Gasteiger partial charge in [-0.25, -0.2) is 8.78 Å². The molecule has 13 nitrogen and oxygen atoms in total. The number of likely N-dealkylation sites (N-methyl/N-ethyl adjacent to an activating group) is 1. The van der Waals surface area contributed by atoms with Crippen LogP contribution >= 0.6 is 22.9 Å². The summed E-state index contributed by atoms with van der Waals surface area (Å²) in [6.45, 7) is 3.93. The van der Waals surface area contributed by atoms with Crippen LogP contribution in [0.2, 0.25) is 5.02 Å². The number of alkyl halides is 2. The Morgan fingerprint density at radius 1 is 1.31 bits per heavy atom. The van der Waals surface area contributed by atoms with Crippen LogP contribution in [-0.2, 0) is 19.1 Å². The van der Waals surface area contributed by atoms with Crippen LogP contribution in [0, 0.1) is 17.1 Å². The molecule has 2 saturated heterocycles. The standard InChI is InChI=1S/C36H37ClF3N7O6S2/c1-4-55(49,50)53-17(2)34(48)45(3)35-43-23-8-9-24(51-16-36-10-5-11-46(36)14-18(38)12-36)29-27(23)33(44-35)47-15-21(37)26(28(47)31(40)52-29)19-6-7-22(39)30-25(19)20(13-41)32(42)54-30/h6-9,15,17-18,31,33,35,43-44H,4-5,10-12,14,16,42H2,1-3H3/t17-,18+,31?,33-,35-,36-/m0/s1. The Hall–Kier alpha value is -4.25. The molecule has 4 aliphatic rings. The zero-order chi connectivity index (χ0) is 39.1. The number of nitrogens with zero attached hydrogens (tertiary/aromatic N) is 4. The van der Waals surface area contributed by atoms with Gasteiger partial charge in [-0.2, -0.15) is 18.1 Å². The number of thiophene rings is 1. The number of carbonyl (C=O) groups excluding carboxylic acids is 1. The number of hydrogen-bond acceptors (Lipinski definition) is 12. The van der Waals surface area contributed by atoms with Crippen molar-refractivity contribution in [3.05, 3.63) is 58.1 Å². The van der Waals surface area contributed by atoms with Crippen LogP contribution < -0.4 is 25.8 Å². The van der Waals surface area contributed by atoms with Gasteiger partial charge in [-0.05, 0) is 57.0 Å². The van der Waals surface area contributed by atoms with Gasteiger partial charge in [-0.3, -0.25) is 19.2 Å². The van der Waals surface area contributed by atoms with Crippen molar-refractivity contribution in [1.82, 2.24) is 19.7 Å². The molecule has 19 heteroatoms. The molecule has 0 spiro atoms. The summed E-state index contributed by atoms with van der Waals surface area (Å²) in [5.74, 6) is -1.39. The first-order chi connectivity index (χ1) is 26.2. The first kappa shape index (κ1) is 37.7. The van der Waals surface area contributed by atoms with E-state index in [1.54, 1.807) is 12.1 Å². The van der Waals surface area contributed by atoms with Crippen molar-refractivity contribution in [2.24, 2.45) is 0 Å². The minimum Gasteiger partial charge on any atom is -0.488 e. The number of fused-ring (bicyclic) bond motifs is 4. The summed E-state index contributed by atoms with van der Waals surface area (Å²) in [7, 11) is -2.52. The number of benzene rings is 2. The highest BCUT2D eigenvalue weighted by Crippen LogP contribution is 2.53. The number of nitriles is 1. The lowest BCUT2D eigenvalue weighted by Crippen LogP contribution is -2.58. The van der Waals surface area contributed by atoms with E-state index in [0.717, 1.165) is 30.7 Å². The molecule has 2 aromatic carbocycles. The molecule has 4 aromatic rings. The molecule has 55 heavy (non-hydrogen) atoms. The van der Waals surface area contributed by atoms with E-state index in [-0.39, 0.29) is 66.4 Å². The van der Waals surface area contributed by atoms with Crippen LogP contribution in [0.3, 0.4) is 0 Å². The van der Waals surface area contributed by atoms with Crippen LogP contribution in [0.4, 0.5) is 23.9 Å². The van der Waals surface area contributed by atoms with Crippen molar-refractivity contribution < 1.29 is 40.0 Å². The van der Waals surface area contributed by atoms with Gasteiger partial charge in [-0.15, -0.1) is 11.3 Å². The maximum Gasteiger partial charge on any atom is 0.279 e. The largest absolute Gasteiger partial charge is 0.488 e. The van der Waals surface area contributed by atoms with E-state index < -0.39 is 58.5 Å². The molecular weight excluding hydrogens is 783 g/mol. The molecule has 4 N–H and O–H groups in total. The quantitative estimate of drug-likeness (QED) is 0.170. The number of nitrogens with two attached hydrogens (primary N) is 1. The van der Waals surface area contributed by atoms with E-state index in [0.29, 0.717) is 24.2 Å². The topological polar surface area (TPSA) is 164 Å². The zero-order valence-corrected chi connectivity index (χ0v) is 32.3. The molecule has 4 aliphatic heterocycles. The Morgan fingerprint density at radius 2 is 2.09 bits per heavy atom. The second-order valence-corrected chi connectivity index (χ2v) is 17.5. The number of nitrogen functional groups attached to an aromatic ring is 1. The summed E-state index contributed by atoms with van der Waals surface area (Å²) >= 11 is 7.82. The lowest BCUT2D eigenvalue weighted by molar-refractivity contribution is -0.139. The Bertz CT molecular complexity index is 2390. The van der Waals surface area contributed by atoms with Gasteiger partial charge < -0.3 is 30.0 Å². The van der Waals surface area contributed by atoms with Gasteiger partial charge in [0.15, 0.2) is 23.9 Å². The maximum atomic E-state index is 17.1. The van der Waals surface area contributed by atoms with Crippen molar-refractivity contribution in [2.75, 3.05) is 43.5 Å². The molecule has 0 aliphatic carbocycles. The highest BCUT2D eigenvalue weighted by atomic mass is 35.5. The number of hydrogen-bond donors (Lipinski definition) is 3. The van der Waals surface area contributed by atoms with Gasteiger partial charge in [-0.1, -0.05) is 17.7 Å². The Kier molecular flexibility index (Phi) is 9.41. The number of rotatable bonds is 9. The van der Waals surface area contributed by atoms with Crippen molar-refractivity contribution in [3.8, 4) is 28.7 Å². The molecule has 1 amide bonds. The van der Waals surface area contributed by atoms with Crippen LogP contribution in [0.25, 0.3) is 21.2 Å². The maximum absolute atomic E-state index is 17.1. The number of carbonyl (C=O) groups is 1. The van der Waals surface area contributed by atoms with E-state index >= 15 is 8.78 Å². The Labute approximate surface area is 323 Å². The van der Waals surface area contributed by atoms with E-state index in [2.05, 4.69) is 15.5 Å². The lowest BCUT2D eigenvalue weighted by Gasteiger charge is -2.40. The molecule has 0 bridgehead atoms. The Morgan fingerprint density at radius 3 is 2.84 bits per heavy atom. The van der Waals surface area contributed by atoms with Gasteiger partial charge >= 0.3 is 0 Å². The van der Waals surface area contributed by atoms with Crippen molar-refractivity contribution in [2.45, 2.75) is 69.7 Å². The van der Waals surface area contributed by atoms with Gasteiger partial charge in [0.2, 0.25) is 0 Å². The van der Waals surface area contributed by atoms with Crippen molar-refractivity contribution in [3.63, 3.8) is 0 Å². The number of anilines is 2. The predicted octanol–water partition coefficient (Wildman–Crippen LogP) is 5.99. The molecule has 0 saturated carbocycles. The van der Waals surface area contributed by atoms with Crippen LogP contribution in [0.5, 0.6) is 11.5 Å². The molecule has 0 radical (unpaired) electrons. The molecular formula is C36H37ClF3N7O6S2. The summed E-state index contributed by atoms with van der Waals surface area (Å²) in [5.41, 5.74) is 6.73. The second kappa shape index (κ2) is 13.7. The molecule has 8 rings (SSSR count). The van der Waals surface area contributed by atoms with Gasteiger partial charge in [0.05, 0.1) is 32.1 Å². The van der Waals surface area contributed by atoms with Gasteiger partial charge in [0.1, 0.15) is 41.5 Å². The van der Waals surface area contributed by atoms with E-state index in [4.69, 9.17) is 31.0 Å². The zero-order valence-electron chi connectivity index (χ0n) is 29.9. The fourth-order valence-corrected chi connectivity index (χ4v) is 10.3. The van der Waals surface area contributed by atoms with E-state index in [1.165, 1.54) is 48.7 Å². The van der Waals surface area contributed by atoms with Crippen molar-refractivity contribution >= 4 is 59.7 Å². The summed E-state index contributed by atoms with van der Waals surface area (Å²) in [4.78, 5) is 16.9. The fraction of sp³-hybridized carbons (Fsp3) is 0.444. The third-order valence-electron chi connectivity index (χ3n) is 11.0. The number of halogens is 4.